The van der Waals surface area contributed by atoms with Crippen molar-refractivity contribution in [2.24, 2.45) is 11.8 Å². The molecule has 0 spiro atoms. The van der Waals surface area contributed by atoms with Crippen molar-refractivity contribution in [2.45, 2.75) is 32.7 Å². The number of ether oxygens (including phenoxy) is 1. The van der Waals surface area contributed by atoms with Crippen molar-refractivity contribution in [3.63, 3.8) is 0 Å². The van der Waals surface area contributed by atoms with Crippen molar-refractivity contribution in [1.29, 1.82) is 0 Å². The maximum Gasteiger partial charge on any atom is 0.119 e. The van der Waals surface area contributed by atoms with Crippen molar-refractivity contribution in [3.8, 4) is 5.75 Å². The summed E-state index contributed by atoms with van der Waals surface area (Å²) in [5, 5.41) is 3.68. The van der Waals surface area contributed by atoms with Gasteiger partial charge in [0.15, 0.2) is 0 Å². The van der Waals surface area contributed by atoms with Gasteiger partial charge in [0.2, 0.25) is 0 Å². The van der Waals surface area contributed by atoms with E-state index >= 15 is 0 Å². The van der Waals surface area contributed by atoms with E-state index in [9.17, 15) is 0 Å². The molecule has 1 N–H and O–H groups in total. The van der Waals surface area contributed by atoms with E-state index in [0.29, 0.717) is 6.04 Å². The van der Waals surface area contributed by atoms with Crippen LogP contribution in [0.3, 0.4) is 0 Å². The van der Waals surface area contributed by atoms with E-state index in [-0.39, 0.29) is 0 Å². The molecule has 3 unspecified atom stereocenters. The highest BCUT2D eigenvalue weighted by molar-refractivity contribution is 5.55. The Bertz CT molecular complexity index is 466. The average molecular weight is 243 g/mol. The minimum Gasteiger partial charge on any atom is -0.494 e. The average Bonchev–Trinajstić information content (AvgIpc) is 2.70. The first-order valence-electron chi connectivity index (χ1n) is 6.94. The van der Waals surface area contributed by atoms with Crippen molar-refractivity contribution < 1.29 is 4.74 Å². The first kappa shape index (κ1) is 11.6. The number of nitrogens with one attached hydrogen (secondary N) is 1. The van der Waals surface area contributed by atoms with Gasteiger partial charge in [0, 0.05) is 17.6 Å². The van der Waals surface area contributed by atoms with Crippen LogP contribution in [-0.2, 0) is 0 Å². The Balaban J connectivity index is 1.67. The first-order chi connectivity index (χ1) is 8.78. The second-order valence-electron chi connectivity index (χ2n) is 5.40. The molecule has 1 aromatic carbocycles. The Hall–Kier alpha value is -1.44. The fourth-order valence-electron chi connectivity index (χ4n) is 3.14. The van der Waals surface area contributed by atoms with Gasteiger partial charge in [0.25, 0.3) is 0 Å². The van der Waals surface area contributed by atoms with Gasteiger partial charge in [-0.15, -0.1) is 0 Å². The molecule has 1 saturated carbocycles. The molecule has 1 fully saturated rings. The highest BCUT2D eigenvalue weighted by Crippen LogP contribution is 2.44. The molecule has 3 rings (SSSR count). The number of hydrogen-bond acceptors (Lipinski definition) is 2. The summed E-state index contributed by atoms with van der Waals surface area (Å²) in [5.41, 5.74) is 2.52. The number of aryl methyl sites for hydroxylation is 1. The molecule has 96 valence electrons. The number of benzene rings is 1. The van der Waals surface area contributed by atoms with E-state index in [1.807, 2.05) is 6.92 Å². The van der Waals surface area contributed by atoms with Crippen LogP contribution in [0, 0.1) is 18.8 Å². The Morgan fingerprint density at radius 2 is 2.28 bits per heavy atom. The minimum atomic E-state index is 0.630. The second kappa shape index (κ2) is 4.68. The molecule has 0 saturated heterocycles. The monoisotopic (exact) mass is 243 g/mol. The zero-order valence-corrected chi connectivity index (χ0v) is 11.1. The predicted molar refractivity (Wildman–Crippen MR) is 75.1 cm³/mol. The molecule has 0 radical (unpaired) electrons. The van der Waals surface area contributed by atoms with Gasteiger partial charge in [-0.3, -0.25) is 0 Å². The number of anilines is 1. The molecule has 2 aliphatic carbocycles. The predicted octanol–water partition coefficient (Wildman–Crippen LogP) is 3.77. The summed E-state index contributed by atoms with van der Waals surface area (Å²) in [5.74, 6) is 2.63. The van der Waals surface area contributed by atoms with E-state index in [2.05, 4.69) is 42.6 Å². The van der Waals surface area contributed by atoms with E-state index in [1.54, 1.807) is 0 Å². The number of rotatable bonds is 4. The van der Waals surface area contributed by atoms with Crippen molar-refractivity contribution in [2.75, 3.05) is 11.9 Å². The van der Waals surface area contributed by atoms with E-state index < -0.39 is 0 Å². The smallest absolute Gasteiger partial charge is 0.119 e. The number of allylic oxidation sites excluding steroid dienone is 1. The molecular formula is C16H21NO. The maximum absolute atomic E-state index is 5.52. The Labute approximate surface area is 109 Å². The molecule has 2 heteroatoms. The summed E-state index contributed by atoms with van der Waals surface area (Å²) in [6, 6.07) is 6.95. The first-order valence-corrected chi connectivity index (χ1v) is 6.94. The van der Waals surface area contributed by atoms with Gasteiger partial charge < -0.3 is 10.1 Å². The third-order valence-corrected chi connectivity index (χ3v) is 4.21. The summed E-state index contributed by atoms with van der Waals surface area (Å²) in [4.78, 5) is 0. The van der Waals surface area contributed by atoms with Crippen molar-refractivity contribution >= 4 is 5.69 Å². The molecule has 3 atom stereocenters. The molecule has 0 aromatic heterocycles. The maximum atomic E-state index is 5.52. The van der Waals surface area contributed by atoms with E-state index in [1.165, 1.54) is 24.1 Å². The van der Waals surface area contributed by atoms with Gasteiger partial charge in [0.1, 0.15) is 5.75 Å². The van der Waals surface area contributed by atoms with Gasteiger partial charge in [-0.05, 0) is 56.4 Å². The molecule has 0 amide bonds. The van der Waals surface area contributed by atoms with Gasteiger partial charge in [-0.25, -0.2) is 0 Å². The molecule has 2 nitrogen and oxygen atoms in total. The molecule has 0 aliphatic heterocycles. The second-order valence-corrected chi connectivity index (χ2v) is 5.40. The van der Waals surface area contributed by atoms with Crippen LogP contribution in [0.5, 0.6) is 5.75 Å². The highest BCUT2D eigenvalue weighted by atomic mass is 16.5. The van der Waals surface area contributed by atoms with Crippen LogP contribution < -0.4 is 10.1 Å². The quantitative estimate of drug-likeness (QED) is 0.813. The molecule has 0 heterocycles. The lowest BCUT2D eigenvalue weighted by molar-refractivity contribution is 0.218. The van der Waals surface area contributed by atoms with Gasteiger partial charge in [-0.2, -0.15) is 0 Å². The summed E-state index contributed by atoms with van der Waals surface area (Å²) in [6.45, 7) is 4.89. The lowest BCUT2D eigenvalue weighted by atomic mass is 9.71. The standard InChI is InChI=1S/C16H21NO/c1-3-18-13-7-8-15(11(2)9-13)17-16-10-12-5-4-6-14(12)16/h4,6-9,12,14,16-17H,3,5,10H2,1-2H3. The molecule has 1 aromatic rings. The van der Waals surface area contributed by atoms with E-state index in [4.69, 9.17) is 4.74 Å². The van der Waals surface area contributed by atoms with Crippen molar-refractivity contribution in [3.05, 3.63) is 35.9 Å². The highest BCUT2D eigenvalue weighted by Gasteiger charge is 2.40. The van der Waals surface area contributed by atoms with Crippen LogP contribution in [-0.4, -0.2) is 12.6 Å². The molecule has 0 bridgehead atoms. The van der Waals surface area contributed by atoms with Crippen LogP contribution in [0.2, 0.25) is 0 Å². The molecule has 18 heavy (non-hydrogen) atoms. The van der Waals surface area contributed by atoms with Crippen LogP contribution in [0.15, 0.2) is 30.4 Å². The molecule has 2 aliphatic rings. The lowest BCUT2D eigenvalue weighted by Gasteiger charge is -2.41. The van der Waals surface area contributed by atoms with Crippen LogP contribution in [0.1, 0.15) is 25.3 Å². The minimum absolute atomic E-state index is 0.630. The number of fused-ring (bicyclic) bond motifs is 1. The summed E-state index contributed by atoms with van der Waals surface area (Å²) in [6.07, 6.45) is 7.31. The van der Waals surface area contributed by atoms with Crippen LogP contribution in [0.4, 0.5) is 5.69 Å². The van der Waals surface area contributed by atoms with Crippen LogP contribution >= 0.6 is 0 Å². The third-order valence-electron chi connectivity index (χ3n) is 4.21. The normalized spacial score (nSPS) is 28.7. The van der Waals surface area contributed by atoms with Crippen molar-refractivity contribution in [1.82, 2.24) is 0 Å². The summed E-state index contributed by atoms with van der Waals surface area (Å²) < 4.78 is 5.52. The Morgan fingerprint density at radius 1 is 1.39 bits per heavy atom. The van der Waals surface area contributed by atoms with Gasteiger partial charge in [0.05, 0.1) is 6.61 Å². The lowest BCUT2D eigenvalue weighted by Crippen LogP contribution is -2.43. The zero-order chi connectivity index (χ0) is 12.5. The SMILES string of the molecule is CCOc1ccc(NC2CC3CC=CC32)c(C)c1. The van der Waals surface area contributed by atoms with E-state index in [0.717, 1.165) is 24.2 Å². The largest absolute Gasteiger partial charge is 0.494 e. The third kappa shape index (κ3) is 2.00. The molecular weight excluding hydrogens is 222 g/mol. The Morgan fingerprint density at radius 3 is 3.00 bits per heavy atom. The van der Waals surface area contributed by atoms with Gasteiger partial charge in [-0.1, -0.05) is 12.2 Å². The number of hydrogen-bond donors (Lipinski definition) is 1. The Kier molecular flexibility index (Phi) is 3.02. The topological polar surface area (TPSA) is 21.3 Å². The summed E-state index contributed by atoms with van der Waals surface area (Å²) in [7, 11) is 0. The van der Waals surface area contributed by atoms with Crippen LogP contribution in [0.25, 0.3) is 0 Å². The van der Waals surface area contributed by atoms with Gasteiger partial charge >= 0.3 is 0 Å². The summed E-state index contributed by atoms with van der Waals surface area (Å²) >= 11 is 0. The zero-order valence-electron chi connectivity index (χ0n) is 11.1. The fourth-order valence-corrected chi connectivity index (χ4v) is 3.14. The fraction of sp³-hybridized carbons (Fsp3) is 0.500.